The van der Waals surface area contributed by atoms with Crippen molar-refractivity contribution in [3.05, 3.63) is 36.2 Å². The number of methoxy groups -OCH3 is 1. The highest BCUT2D eigenvalue weighted by molar-refractivity contribution is 5.90. The van der Waals surface area contributed by atoms with Crippen molar-refractivity contribution in [2.24, 2.45) is 5.73 Å². The first kappa shape index (κ1) is 9.93. The molecule has 78 valence electrons. The lowest BCUT2D eigenvalue weighted by atomic mass is 10.0. The fraction of sp³-hybridized carbons (Fsp3) is 0.250. The molecule has 1 unspecified atom stereocenters. The van der Waals surface area contributed by atoms with Crippen LogP contribution in [0.3, 0.4) is 0 Å². The van der Waals surface area contributed by atoms with Crippen LogP contribution in [0.5, 0.6) is 5.75 Å². The number of fused-ring (bicyclic) bond motifs is 1. The summed E-state index contributed by atoms with van der Waals surface area (Å²) < 4.78 is 5.28. The molecule has 0 fully saturated rings. The van der Waals surface area contributed by atoms with E-state index < -0.39 is 0 Å². The second-order valence-corrected chi connectivity index (χ2v) is 3.57. The Bertz CT molecular complexity index is 480. The van der Waals surface area contributed by atoms with E-state index in [1.165, 1.54) is 0 Å². The molecule has 0 radical (unpaired) electrons. The molecule has 0 amide bonds. The second kappa shape index (κ2) is 3.87. The maximum Gasteiger partial charge on any atom is 0.128 e. The summed E-state index contributed by atoms with van der Waals surface area (Å²) in [6, 6.07) is 5.92. The summed E-state index contributed by atoms with van der Waals surface area (Å²) in [6.07, 6.45) is 3.58. The average Bonchev–Trinajstić information content (AvgIpc) is 2.27. The summed E-state index contributed by atoms with van der Waals surface area (Å²) in [4.78, 5) is 4.10. The minimum absolute atomic E-state index is 0.0146. The molecule has 3 nitrogen and oxygen atoms in total. The molecule has 2 aromatic rings. The fourth-order valence-electron chi connectivity index (χ4n) is 1.76. The summed E-state index contributed by atoms with van der Waals surface area (Å²) in [6.45, 7) is 1.97. The minimum Gasteiger partial charge on any atom is -0.496 e. The van der Waals surface area contributed by atoms with Crippen LogP contribution >= 0.6 is 0 Å². The Morgan fingerprint density at radius 2 is 2.07 bits per heavy atom. The highest BCUT2D eigenvalue weighted by Crippen LogP contribution is 2.29. The average molecular weight is 202 g/mol. The predicted molar refractivity (Wildman–Crippen MR) is 60.9 cm³/mol. The van der Waals surface area contributed by atoms with E-state index in [4.69, 9.17) is 10.5 Å². The lowest BCUT2D eigenvalue weighted by Crippen LogP contribution is -2.05. The van der Waals surface area contributed by atoms with Gasteiger partial charge < -0.3 is 10.5 Å². The van der Waals surface area contributed by atoms with Crippen molar-refractivity contribution in [2.45, 2.75) is 13.0 Å². The number of aromatic nitrogens is 1. The van der Waals surface area contributed by atoms with Gasteiger partial charge in [-0.15, -0.1) is 0 Å². The Hall–Kier alpha value is -1.61. The molecule has 3 heteroatoms. The zero-order valence-electron chi connectivity index (χ0n) is 8.90. The number of hydrogen-bond acceptors (Lipinski definition) is 3. The summed E-state index contributed by atoms with van der Waals surface area (Å²) >= 11 is 0. The number of hydrogen-bond donors (Lipinski definition) is 1. The van der Waals surface area contributed by atoms with Crippen LogP contribution in [0, 0.1) is 0 Å². The van der Waals surface area contributed by atoms with Crippen LogP contribution in [-0.4, -0.2) is 12.1 Å². The molecular weight excluding hydrogens is 188 g/mol. The van der Waals surface area contributed by atoms with Crippen LogP contribution in [0.4, 0.5) is 0 Å². The first-order valence-corrected chi connectivity index (χ1v) is 4.90. The van der Waals surface area contributed by atoms with Crippen LogP contribution in [-0.2, 0) is 0 Å². The number of ether oxygens (including phenoxy) is 1. The van der Waals surface area contributed by atoms with E-state index >= 15 is 0 Å². The van der Waals surface area contributed by atoms with E-state index in [1.54, 1.807) is 19.5 Å². The van der Waals surface area contributed by atoms with Crippen LogP contribution in [0.25, 0.3) is 10.8 Å². The molecule has 0 spiro atoms. The van der Waals surface area contributed by atoms with Gasteiger partial charge in [-0.3, -0.25) is 4.98 Å². The maximum absolute atomic E-state index is 5.91. The molecule has 2 N–H and O–H groups in total. The van der Waals surface area contributed by atoms with Crippen molar-refractivity contribution in [3.8, 4) is 5.75 Å². The molecule has 15 heavy (non-hydrogen) atoms. The van der Waals surface area contributed by atoms with Gasteiger partial charge in [0, 0.05) is 23.8 Å². The molecular formula is C12H14N2O. The van der Waals surface area contributed by atoms with Gasteiger partial charge in [0.15, 0.2) is 0 Å². The first-order chi connectivity index (χ1) is 7.24. The van der Waals surface area contributed by atoms with Gasteiger partial charge in [0.25, 0.3) is 0 Å². The largest absolute Gasteiger partial charge is 0.496 e. The Kier molecular flexibility index (Phi) is 2.56. The van der Waals surface area contributed by atoms with Gasteiger partial charge in [-0.05, 0) is 30.0 Å². The molecule has 0 bridgehead atoms. The highest BCUT2D eigenvalue weighted by Gasteiger charge is 2.08. The molecule has 1 aromatic carbocycles. The number of nitrogens with two attached hydrogens (primary N) is 1. The van der Waals surface area contributed by atoms with Crippen LogP contribution < -0.4 is 10.5 Å². The van der Waals surface area contributed by atoms with Crippen molar-refractivity contribution in [1.82, 2.24) is 4.98 Å². The Balaban J connectivity index is 2.77. The van der Waals surface area contributed by atoms with Crippen LogP contribution in [0.15, 0.2) is 30.6 Å². The molecule has 1 atom stereocenters. The second-order valence-electron chi connectivity index (χ2n) is 3.57. The molecule has 0 saturated heterocycles. The third-order valence-corrected chi connectivity index (χ3v) is 2.52. The Morgan fingerprint density at radius 1 is 1.27 bits per heavy atom. The quantitative estimate of drug-likeness (QED) is 0.812. The number of rotatable bonds is 2. The van der Waals surface area contributed by atoms with Crippen molar-refractivity contribution < 1.29 is 4.74 Å². The van der Waals surface area contributed by atoms with Gasteiger partial charge in [-0.1, -0.05) is 6.07 Å². The standard InChI is InChI=1S/C12H14N2O/c1-8(13)9-3-4-12(15-2)11-7-14-6-5-10(9)11/h3-8H,13H2,1-2H3. The highest BCUT2D eigenvalue weighted by atomic mass is 16.5. The van der Waals surface area contributed by atoms with Gasteiger partial charge >= 0.3 is 0 Å². The smallest absolute Gasteiger partial charge is 0.128 e. The van der Waals surface area contributed by atoms with Crippen molar-refractivity contribution >= 4 is 10.8 Å². The molecule has 1 heterocycles. The van der Waals surface area contributed by atoms with E-state index in [1.807, 2.05) is 25.1 Å². The number of pyridine rings is 1. The van der Waals surface area contributed by atoms with E-state index in [0.717, 1.165) is 22.1 Å². The summed E-state index contributed by atoms with van der Waals surface area (Å²) in [5, 5.41) is 2.12. The van der Waals surface area contributed by atoms with Gasteiger partial charge in [0.2, 0.25) is 0 Å². The van der Waals surface area contributed by atoms with Gasteiger partial charge in [0.05, 0.1) is 7.11 Å². The van der Waals surface area contributed by atoms with Gasteiger partial charge in [-0.2, -0.15) is 0 Å². The van der Waals surface area contributed by atoms with Crippen molar-refractivity contribution in [3.63, 3.8) is 0 Å². The number of benzene rings is 1. The SMILES string of the molecule is COc1ccc(C(C)N)c2ccncc12. The zero-order valence-corrected chi connectivity index (χ0v) is 8.90. The summed E-state index contributed by atoms with van der Waals surface area (Å²) in [5.74, 6) is 0.836. The summed E-state index contributed by atoms with van der Waals surface area (Å²) in [7, 11) is 1.66. The van der Waals surface area contributed by atoms with E-state index in [9.17, 15) is 0 Å². The number of nitrogens with zero attached hydrogens (tertiary/aromatic N) is 1. The molecule has 0 aliphatic rings. The fourth-order valence-corrected chi connectivity index (χ4v) is 1.76. The van der Waals surface area contributed by atoms with Crippen molar-refractivity contribution in [1.29, 1.82) is 0 Å². The minimum atomic E-state index is 0.0146. The van der Waals surface area contributed by atoms with Gasteiger partial charge in [0.1, 0.15) is 5.75 Å². The van der Waals surface area contributed by atoms with E-state index in [2.05, 4.69) is 4.98 Å². The third kappa shape index (κ3) is 1.66. The topological polar surface area (TPSA) is 48.1 Å². The van der Waals surface area contributed by atoms with E-state index in [0.29, 0.717) is 0 Å². The van der Waals surface area contributed by atoms with E-state index in [-0.39, 0.29) is 6.04 Å². The Labute approximate surface area is 88.9 Å². The van der Waals surface area contributed by atoms with Crippen LogP contribution in [0.1, 0.15) is 18.5 Å². The lowest BCUT2D eigenvalue weighted by Gasteiger charge is -2.12. The molecule has 0 saturated carbocycles. The first-order valence-electron chi connectivity index (χ1n) is 4.90. The lowest BCUT2D eigenvalue weighted by molar-refractivity contribution is 0.419. The third-order valence-electron chi connectivity index (χ3n) is 2.52. The summed E-state index contributed by atoms with van der Waals surface area (Å²) in [5.41, 5.74) is 7.03. The molecule has 2 rings (SSSR count). The Morgan fingerprint density at radius 3 is 2.73 bits per heavy atom. The predicted octanol–water partition coefficient (Wildman–Crippen LogP) is 2.26. The molecule has 0 aliphatic carbocycles. The monoisotopic (exact) mass is 202 g/mol. The normalized spacial score (nSPS) is 12.7. The maximum atomic E-state index is 5.91. The van der Waals surface area contributed by atoms with Gasteiger partial charge in [-0.25, -0.2) is 0 Å². The van der Waals surface area contributed by atoms with Crippen molar-refractivity contribution in [2.75, 3.05) is 7.11 Å². The molecule has 1 aromatic heterocycles. The zero-order chi connectivity index (χ0) is 10.8. The molecule has 0 aliphatic heterocycles. The van der Waals surface area contributed by atoms with Crippen LogP contribution in [0.2, 0.25) is 0 Å².